The molecular formula is C22H17N7O4S. The molecule has 0 spiro atoms. The Labute approximate surface area is 194 Å². The number of hydrogen-bond acceptors (Lipinski definition) is 9. The fourth-order valence-electron chi connectivity index (χ4n) is 2.99. The van der Waals surface area contributed by atoms with Crippen molar-refractivity contribution < 1.29 is 17.7 Å². The molecular weight excluding hydrogens is 458 g/mol. The van der Waals surface area contributed by atoms with Gasteiger partial charge in [-0.25, -0.2) is 9.97 Å². The summed E-state index contributed by atoms with van der Waals surface area (Å²) < 4.78 is 38.9. The van der Waals surface area contributed by atoms with E-state index in [2.05, 4.69) is 20.3 Å². The molecule has 5 N–H and O–H groups in total. The lowest BCUT2D eigenvalue weighted by Crippen LogP contribution is -2.10. The summed E-state index contributed by atoms with van der Waals surface area (Å²) in [4.78, 5) is 12.3. The Bertz CT molecular complexity index is 1490. The first kappa shape index (κ1) is 22.5. The minimum atomic E-state index is -4.41. The zero-order valence-electron chi connectivity index (χ0n) is 17.4. The molecule has 0 bridgehead atoms. The van der Waals surface area contributed by atoms with E-state index in [-0.39, 0.29) is 17.3 Å². The van der Waals surface area contributed by atoms with Gasteiger partial charge in [-0.15, -0.1) is 0 Å². The Hall–Kier alpha value is -4.73. The quantitative estimate of drug-likeness (QED) is 0.288. The third kappa shape index (κ3) is 5.94. The third-order valence-electron chi connectivity index (χ3n) is 4.36. The number of benzene rings is 2. The zero-order valence-corrected chi connectivity index (χ0v) is 18.2. The van der Waals surface area contributed by atoms with Crippen molar-refractivity contribution in [1.29, 1.82) is 5.26 Å². The van der Waals surface area contributed by atoms with E-state index in [4.69, 9.17) is 20.3 Å². The van der Waals surface area contributed by atoms with Crippen molar-refractivity contribution >= 4 is 33.4 Å². The predicted molar refractivity (Wildman–Crippen MR) is 126 cm³/mol. The smallest absolute Gasteiger partial charge is 0.357 e. The van der Waals surface area contributed by atoms with Crippen LogP contribution in [0.3, 0.4) is 0 Å². The Kier molecular flexibility index (Phi) is 6.22. The van der Waals surface area contributed by atoms with Gasteiger partial charge in [-0.3, -0.25) is 9.27 Å². The summed E-state index contributed by atoms with van der Waals surface area (Å²) in [5.74, 6) is 1.48. The first-order valence-corrected chi connectivity index (χ1v) is 11.1. The second kappa shape index (κ2) is 9.41. The number of aromatic nitrogens is 3. The minimum absolute atomic E-state index is 0.0130. The van der Waals surface area contributed by atoms with E-state index in [1.807, 2.05) is 10.8 Å². The van der Waals surface area contributed by atoms with Crippen molar-refractivity contribution in [2.75, 3.05) is 15.8 Å². The number of anilines is 4. The molecule has 0 aliphatic heterocycles. The maximum absolute atomic E-state index is 11.1. The molecule has 2 aromatic carbocycles. The lowest BCUT2D eigenvalue weighted by molar-refractivity contribution is 0.481. The summed E-state index contributed by atoms with van der Waals surface area (Å²) in [6.07, 6.45) is 1.50. The predicted octanol–water partition coefficient (Wildman–Crippen LogP) is 3.74. The van der Waals surface area contributed by atoms with E-state index in [0.29, 0.717) is 34.3 Å². The van der Waals surface area contributed by atoms with Crippen LogP contribution in [-0.4, -0.2) is 27.9 Å². The Morgan fingerprint density at radius 1 is 0.971 bits per heavy atom. The number of nitrogens with two attached hydrogens (primary N) is 1. The molecule has 0 unspecified atom stereocenters. The molecule has 0 saturated heterocycles. The van der Waals surface area contributed by atoms with Crippen molar-refractivity contribution in [3.05, 3.63) is 78.6 Å². The van der Waals surface area contributed by atoms with Crippen LogP contribution in [0, 0.1) is 11.3 Å². The van der Waals surface area contributed by atoms with Crippen LogP contribution in [0.25, 0.3) is 11.3 Å². The molecule has 11 nitrogen and oxygen atoms in total. The summed E-state index contributed by atoms with van der Waals surface area (Å²) in [5.41, 5.74) is 7.99. The highest BCUT2D eigenvalue weighted by Gasteiger charge is 2.09. The van der Waals surface area contributed by atoms with Crippen LogP contribution in [-0.2, 0) is 10.3 Å². The van der Waals surface area contributed by atoms with Crippen molar-refractivity contribution in [2.24, 2.45) is 0 Å². The third-order valence-corrected chi connectivity index (χ3v) is 4.85. The van der Waals surface area contributed by atoms with Crippen LogP contribution < -0.4 is 20.5 Å². The maximum Gasteiger partial charge on any atom is 0.357 e. The van der Waals surface area contributed by atoms with E-state index in [9.17, 15) is 8.42 Å². The molecule has 12 heteroatoms. The number of pyridine rings is 1. The molecule has 34 heavy (non-hydrogen) atoms. The fourth-order valence-corrected chi connectivity index (χ4v) is 3.42. The van der Waals surface area contributed by atoms with Gasteiger partial charge in [0.15, 0.2) is 0 Å². The van der Waals surface area contributed by atoms with E-state index in [0.717, 1.165) is 0 Å². The lowest BCUT2D eigenvalue weighted by atomic mass is 10.1. The first-order valence-electron chi connectivity index (χ1n) is 9.69. The molecule has 0 amide bonds. The van der Waals surface area contributed by atoms with E-state index >= 15 is 0 Å². The van der Waals surface area contributed by atoms with Crippen molar-refractivity contribution in [1.82, 2.24) is 15.0 Å². The summed E-state index contributed by atoms with van der Waals surface area (Å²) in [6.45, 7) is 0. The standard InChI is InChI=1S/C22H17N7O4S/c23-13-17-11-19(8-9-25-17)33-18-6-4-15(5-7-18)26-21-12-20(27-22(24)28-21)14-2-1-3-16(10-14)29-34(30,31)32/h1-12,29H,(H,30,31,32)(H3,24,26,27,28). The zero-order chi connectivity index (χ0) is 24.1. The minimum Gasteiger partial charge on any atom is -0.457 e. The average Bonchev–Trinajstić information content (AvgIpc) is 2.79. The highest BCUT2D eigenvalue weighted by molar-refractivity contribution is 7.87. The number of rotatable bonds is 7. The molecule has 0 aliphatic rings. The second-order valence-corrected chi connectivity index (χ2v) is 8.05. The number of nitrogens with zero attached hydrogens (tertiary/aromatic N) is 4. The van der Waals surface area contributed by atoms with Gasteiger partial charge < -0.3 is 15.8 Å². The van der Waals surface area contributed by atoms with Crippen LogP contribution in [0.1, 0.15) is 5.69 Å². The monoisotopic (exact) mass is 475 g/mol. The number of nitriles is 1. The Balaban J connectivity index is 1.51. The normalized spacial score (nSPS) is 10.8. The van der Waals surface area contributed by atoms with Gasteiger partial charge in [-0.2, -0.15) is 18.7 Å². The first-order chi connectivity index (χ1) is 16.3. The highest BCUT2D eigenvalue weighted by Crippen LogP contribution is 2.27. The number of ether oxygens (including phenoxy) is 1. The van der Waals surface area contributed by atoms with Gasteiger partial charge >= 0.3 is 10.3 Å². The molecule has 0 radical (unpaired) electrons. The van der Waals surface area contributed by atoms with Gasteiger partial charge in [0.1, 0.15) is 29.1 Å². The van der Waals surface area contributed by atoms with Crippen molar-refractivity contribution in [3.63, 3.8) is 0 Å². The van der Waals surface area contributed by atoms with E-state index in [1.165, 1.54) is 24.4 Å². The van der Waals surface area contributed by atoms with Crippen LogP contribution in [0.2, 0.25) is 0 Å². The van der Waals surface area contributed by atoms with Crippen molar-refractivity contribution in [3.8, 4) is 28.8 Å². The maximum atomic E-state index is 11.1. The summed E-state index contributed by atoms with van der Waals surface area (Å²) in [7, 11) is -4.41. The lowest BCUT2D eigenvalue weighted by Gasteiger charge is -2.11. The van der Waals surface area contributed by atoms with E-state index < -0.39 is 10.3 Å². The molecule has 4 aromatic rings. The van der Waals surface area contributed by atoms with Crippen LogP contribution in [0.4, 0.5) is 23.1 Å². The molecule has 0 saturated carbocycles. The van der Waals surface area contributed by atoms with E-state index in [1.54, 1.807) is 48.5 Å². The number of hydrogen-bond donors (Lipinski definition) is 4. The SMILES string of the molecule is N#Cc1cc(Oc2ccc(Nc3cc(-c4cccc(NS(=O)(=O)O)c4)nc(N)n3)cc2)ccn1. The van der Waals surface area contributed by atoms with Crippen LogP contribution >= 0.6 is 0 Å². The molecule has 4 rings (SSSR count). The molecule has 170 valence electrons. The number of nitrogen functional groups attached to an aromatic ring is 1. The van der Waals surface area contributed by atoms with Gasteiger partial charge in [-0.05, 0) is 42.5 Å². The summed E-state index contributed by atoms with van der Waals surface area (Å²) in [5, 5.41) is 12.1. The van der Waals surface area contributed by atoms with Crippen molar-refractivity contribution in [2.45, 2.75) is 0 Å². The summed E-state index contributed by atoms with van der Waals surface area (Å²) >= 11 is 0. The molecule has 2 aromatic heterocycles. The Morgan fingerprint density at radius 2 is 1.76 bits per heavy atom. The van der Waals surface area contributed by atoms with Crippen LogP contribution in [0.5, 0.6) is 11.5 Å². The fraction of sp³-hybridized carbons (Fsp3) is 0. The molecule has 2 heterocycles. The Morgan fingerprint density at radius 3 is 2.50 bits per heavy atom. The second-order valence-electron chi connectivity index (χ2n) is 6.89. The van der Waals surface area contributed by atoms with Gasteiger partial charge in [0.25, 0.3) is 0 Å². The molecule has 0 aliphatic carbocycles. The summed E-state index contributed by atoms with van der Waals surface area (Å²) in [6, 6.07) is 20.1. The topological polar surface area (TPSA) is 176 Å². The molecule has 0 atom stereocenters. The van der Waals surface area contributed by atoms with Crippen LogP contribution in [0.15, 0.2) is 72.9 Å². The number of nitrogens with one attached hydrogen (secondary N) is 2. The van der Waals surface area contributed by atoms with Gasteiger partial charge in [0.05, 0.1) is 11.4 Å². The molecule has 0 fully saturated rings. The highest BCUT2D eigenvalue weighted by atomic mass is 32.2. The van der Waals surface area contributed by atoms with Gasteiger partial charge in [-0.1, -0.05) is 12.1 Å². The average molecular weight is 475 g/mol. The van der Waals surface area contributed by atoms with Gasteiger partial charge in [0.2, 0.25) is 5.95 Å². The largest absolute Gasteiger partial charge is 0.457 e. The van der Waals surface area contributed by atoms with Gasteiger partial charge in [0, 0.05) is 29.6 Å².